The summed E-state index contributed by atoms with van der Waals surface area (Å²) in [4.78, 5) is 2.12. The molecule has 0 unspecified atom stereocenters. The van der Waals surface area contributed by atoms with Crippen molar-refractivity contribution in [3.05, 3.63) is 18.0 Å². The normalized spacial score (nSPS) is 10.8. The number of aromatic nitrogens is 1. The van der Waals surface area contributed by atoms with Gasteiger partial charge in [0.25, 0.3) is 0 Å². The molecule has 0 aliphatic rings. The van der Waals surface area contributed by atoms with E-state index in [1.165, 1.54) is 0 Å². The van der Waals surface area contributed by atoms with Crippen LogP contribution in [0, 0.1) is 0 Å². The van der Waals surface area contributed by atoms with Crippen molar-refractivity contribution in [2.45, 2.75) is 6.54 Å². The maximum Gasteiger partial charge on any atom is 0.128 e. The maximum atomic E-state index is 5.38. The minimum absolute atomic E-state index is 0.682. The summed E-state index contributed by atoms with van der Waals surface area (Å²) in [5.41, 5.74) is 6.46. The van der Waals surface area contributed by atoms with Gasteiger partial charge in [0.1, 0.15) is 6.26 Å². The molecule has 0 aliphatic heterocycles. The van der Waals surface area contributed by atoms with E-state index in [2.05, 4.69) is 14.6 Å². The Morgan fingerprint density at radius 1 is 1.73 bits per heavy atom. The molecule has 0 aromatic carbocycles. The van der Waals surface area contributed by atoms with Crippen LogP contribution < -0.4 is 5.73 Å². The second-order valence-corrected chi connectivity index (χ2v) is 2.56. The Morgan fingerprint density at radius 3 is 3.09 bits per heavy atom. The lowest BCUT2D eigenvalue weighted by Gasteiger charge is -2.12. The van der Waals surface area contributed by atoms with Gasteiger partial charge < -0.3 is 15.2 Å². The van der Waals surface area contributed by atoms with Crippen LogP contribution in [-0.4, -0.2) is 30.2 Å². The highest BCUT2D eigenvalue weighted by molar-refractivity contribution is 4.99. The SMILES string of the molecule is CN(CCN)Cc1cnoc1. The van der Waals surface area contributed by atoms with Crippen molar-refractivity contribution in [1.29, 1.82) is 0 Å². The lowest BCUT2D eigenvalue weighted by Crippen LogP contribution is -2.24. The molecule has 1 aromatic heterocycles. The Balaban J connectivity index is 2.31. The molecule has 4 heteroatoms. The number of nitrogens with zero attached hydrogens (tertiary/aromatic N) is 2. The van der Waals surface area contributed by atoms with Crippen LogP contribution in [0.4, 0.5) is 0 Å². The fraction of sp³-hybridized carbons (Fsp3) is 0.571. The second-order valence-electron chi connectivity index (χ2n) is 2.56. The van der Waals surface area contributed by atoms with E-state index in [-0.39, 0.29) is 0 Å². The van der Waals surface area contributed by atoms with Crippen LogP contribution in [-0.2, 0) is 6.54 Å². The third kappa shape index (κ3) is 2.69. The Morgan fingerprint density at radius 2 is 2.55 bits per heavy atom. The molecule has 2 N–H and O–H groups in total. The zero-order valence-electron chi connectivity index (χ0n) is 6.66. The highest BCUT2D eigenvalue weighted by Gasteiger charge is 1.99. The Bertz CT molecular complexity index is 186. The van der Waals surface area contributed by atoms with Crippen molar-refractivity contribution in [3.8, 4) is 0 Å². The number of rotatable bonds is 4. The Kier molecular flexibility index (Phi) is 3.07. The number of hydrogen-bond acceptors (Lipinski definition) is 4. The van der Waals surface area contributed by atoms with Crippen LogP contribution in [0.3, 0.4) is 0 Å². The van der Waals surface area contributed by atoms with Gasteiger partial charge in [-0.25, -0.2) is 0 Å². The van der Waals surface area contributed by atoms with E-state index in [0.717, 1.165) is 18.7 Å². The van der Waals surface area contributed by atoms with E-state index in [4.69, 9.17) is 5.73 Å². The third-order valence-electron chi connectivity index (χ3n) is 1.45. The van der Waals surface area contributed by atoms with E-state index in [0.29, 0.717) is 6.54 Å². The first-order chi connectivity index (χ1) is 5.33. The van der Waals surface area contributed by atoms with Crippen molar-refractivity contribution in [1.82, 2.24) is 10.1 Å². The van der Waals surface area contributed by atoms with Gasteiger partial charge in [-0.15, -0.1) is 0 Å². The molecule has 0 saturated carbocycles. The quantitative estimate of drug-likeness (QED) is 0.668. The topological polar surface area (TPSA) is 55.3 Å². The zero-order chi connectivity index (χ0) is 8.10. The summed E-state index contributed by atoms with van der Waals surface area (Å²) < 4.78 is 4.69. The zero-order valence-corrected chi connectivity index (χ0v) is 6.66. The predicted molar refractivity (Wildman–Crippen MR) is 41.9 cm³/mol. The summed E-state index contributed by atoms with van der Waals surface area (Å²) in [6, 6.07) is 0. The van der Waals surface area contributed by atoms with E-state index in [9.17, 15) is 0 Å². The molecule has 1 aromatic rings. The van der Waals surface area contributed by atoms with Crippen molar-refractivity contribution >= 4 is 0 Å². The number of hydrogen-bond donors (Lipinski definition) is 1. The first-order valence-corrected chi connectivity index (χ1v) is 3.60. The first-order valence-electron chi connectivity index (χ1n) is 3.60. The van der Waals surface area contributed by atoms with E-state index in [1.807, 2.05) is 7.05 Å². The van der Waals surface area contributed by atoms with Gasteiger partial charge in [0, 0.05) is 25.2 Å². The maximum absolute atomic E-state index is 5.38. The molecular formula is C7H13N3O. The Labute approximate surface area is 66.0 Å². The van der Waals surface area contributed by atoms with Gasteiger partial charge in [0.15, 0.2) is 0 Å². The van der Waals surface area contributed by atoms with Gasteiger partial charge in [-0.1, -0.05) is 5.16 Å². The fourth-order valence-electron chi connectivity index (χ4n) is 0.916. The molecule has 0 amide bonds. The van der Waals surface area contributed by atoms with Crippen molar-refractivity contribution in [3.63, 3.8) is 0 Å². The summed E-state index contributed by atoms with van der Waals surface area (Å²) >= 11 is 0. The van der Waals surface area contributed by atoms with E-state index >= 15 is 0 Å². The monoisotopic (exact) mass is 155 g/mol. The molecule has 0 radical (unpaired) electrons. The lowest BCUT2D eigenvalue weighted by molar-refractivity contribution is 0.334. The predicted octanol–water partition coefficient (Wildman–Crippen LogP) is 0.0651. The average Bonchev–Trinajstić information content (AvgIpc) is 2.40. The van der Waals surface area contributed by atoms with Crippen LogP contribution in [0.1, 0.15) is 5.56 Å². The molecular weight excluding hydrogens is 142 g/mol. The summed E-state index contributed by atoms with van der Waals surface area (Å²) in [6.07, 6.45) is 3.36. The van der Waals surface area contributed by atoms with Gasteiger partial charge in [0.05, 0.1) is 6.20 Å². The van der Waals surface area contributed by atoms with Crippen molar-refractivity contribution in [2.75, 3.05) is 20.1 Å². The molecule has 0 atom stereocenters. The summed E-state index contributed by atoms with van der Waals surface area (Å²) in [5.74, 6) is 0. The minimum Gasteiger partial charge on any atom is -0.364 e. The molecule has 1 heterocycles. The third-order valence-corrected chi connectivity index (χ3v) is 1.45. The molecule has 0 saturated heterocycles. The largest absolute Gasteiger partial charge is 0.364 e. The smallest absolute Gasteiger partial charge is 0.128 e. The molecule has 1 rings (SSSR count). The van der Waals surface area contributed by atoms with Crippen LogP contribution in [0.2, 0.25) is 0 Å². The molecule has 0 bridgehead atoms. The second kappa shape index (κ2) is 4.10. The molecule has 11 heavy (non-hydrogen) atoms. The van der Waals surface area contributed by atoms with Crippen molar-refractivity contribution < 1.29 is 4.52 Å². The highest BCUT2D eigenvalue weighted by atomic mass is 16.5. The summed E-state index contributed by atoms with van der Waals surface area (Å²) in [6.45, 7) is 2.42. The van der Waals surface area contributed by atoms with E-state index < -0.39 is 0 Å². The standard InChI is InChI=1S/C7H13N3O/c1-10(3-2-8)5-7-4-9-11-6-7/h4,6H,2-3,5,8H2,1H3. The summed E-state index contributed by atoms with van der Waals surface area (Å²) in [7, 11) is 2.01. The van der Waals surface area contributed by atoms with Gasteiger partial charge in [0.2, 0.25) is 0 Å². The fourth-order valence-corrected chi connectivity index (χ4v) is 0.916. The minimum atomic E-state index is 0.682. The first kappa shape index (κ1) is 8.23. The van der Waals surface area contributed by atoms with Crippen LogP contribution >= 0.6 is 0 Å². The van der Waals surface area contributed by atoms with Crippen LogP contribution in [0.15, 0.2) is 17.0 Å². The van der Waals surface area contributed by atoms with Crippen molar-refractivity contribution in [2.24, 2.45) is 5.73 Å². The van der Waals surface area contributed by atoms with Gasteiger partial charge in [-0.05, 0) is 7.05 Å². The average molecular weight is 155 g/mol. The Hall–Kier alpha value is -0.870. The molecule has 4 nitrogen and oxygen atoms in total. The summed E-state index contributed by atoms with van der Waals surface area (Å²) in [5, 5.41) is 3.60. The lowest BCUT2D eigenvalue weighted by atomic mass is 10.3. The van der Waals surface area contributed by atoms with Gasteiger partial charge in [-0.3, -0.25) is 0 Å². The van der Waals surface area contributed by atoms with E-state index in [1.54, 1.807) is 12.5 Å². The molecule has 0 spiro atoms. The van der Waals surface area contributed by atoms with Crippen LogP contribution in [0.5, 0.6) is 0 Å². The van der Waals surface area contributed by atoms with Gasteiger partial charge >= 0.3 is 0 Å². The molecule has 0 aliphatic carbocycles. The van der Waals surface area contributed by atoms with Gasteiger partial charge in [-0.2, -0.15) is 0 Å². The van der Waals surface area contributed by atoms with Crippen LogP contribution in [0.25, 0.3) is 0 Å². The number of likely N-dealkylation sites (N-methyl/N-ethyl adjacent to an activating group) is 1. The molecule has 62 valence electrons. The molecule has 0 fully saturated rings. The highest BCUT2D eigenvalue weighted by Crippen LogP contribution is 1.99. The number of nitrogens with two attached hydrogens (primary N) is 1.